The van der Waals surface area contributed by atoms with E-state index < -0.39 is 12.1 Å². The van der Waals surface area contributed by atoms with Crippen LogP contribution in [0.15, 0.2) is 109 Å². The second kappa shape index (κ2) is 64.6. The minimum atomic E-state index is -0.822. The zero-order valence-corrected chi connectivity index (χ0v) is 50.4. The van der Waals surface area contributed by atoms with Gasteiger partial charge < -0.3 is 14.2 Å². The highest BCUT2D eigenvalue weighted by Crippen LogP contribution is 2.16. The molecule has 0 saturated heterocycles. The Morgan fingerprint density at radius 3 is 0.896 bits per heavy atom. The van der Waals surface area contributed by atoms with Crippen molar-refractivity contribution in [2.75, 3.05) is 13.2 Å². The molecular weight excluding hydrogens is 949 g/mol. The summed E-state index contributed by atoms with van der Waals surface area (Å²) in [5.41, 5.74) is 0. The number of ether oxygens (including phenoxy) is 3. The van der Waals surface area contributed by atoms with Crippen molar-refractivity contribution in [1.29, 1.82) is 0 Å². The molecule has 0 aliphatic heterocycles. The first kappa shape index (κ1) is 73.1. The Balaban J connectivity index is 4.16. The molecule has 0 aromatic rings. The van der Waals surface area contributed by atoms with Crippen LogP contribution in [0.3, 0.4) is 0 Å². The van der Waals surface area contributed by atoms with Crippen LogP contribution in [-0.4, -0.2) is 37.2 Å². The first-order valence-corrected chi connectivity index (χ1v) is 32.4. The van der Waals surface area contributed by atoms with Crippen LogP contribution in [0.25, 0.3) is 0 Å². The number of hydrogen-bond donors (Lipinski definition) is 0. The van der Waals surface area contributed by atoms with Crippen molar-refractivity contribution < 1.29 is 28.6 Å². The van der Waals surface area contributed by atoms with Crippen LogP contribution in [0.1, 0.15) is 303 Å². The van der Waals surface area contributed by atoms with E-state index in [4.69, 9.17) is 14.2 Å². The summed E-state index contributed by atoms with van der Waals surface area (Å²) < 4.78 is 16.8. The standard InChI is InChI=1S/C71H120O6/c1-4-7-10-13-16-19-22-25-26-27-28-29-30-31-32-33-34-35-36-37-38-39-40-41-42-43-44-47-49-52-55-58-61-64-70(73)76-67-68(77-71(74)65-62-59-56-53-50-46-24-21-18-15-12-9-6-3)66-75-69(72)63-60-57-54-51-48-45-23-20-17-14-11-8-5-2/h9,11-12,14,18,20-23,25,27-28,30-31,46,50,56,59,68H,4-8,10,13,15-17,19,24,26,29,32-45,47-49,51-55,57-58,60-67H2,1-3H3/b12-9-,14-11-,21-18-,23-20-,25-22-,28-27-,31-30-,50-46-,59-56-. The van der Waals surface area contributed by atoms with E-state index in [9.17, 15) is 14.4 Å². The molecule has 440 valence electrons. The molecule has 0 amide bonds. The van der Waals surface area contributed by atoms with Crippen molar-refractivity contribution in [3.63, 3.8) is 0 Å². The molecule has 0 spiro atoms. The highest BCUT2D eigenvalue weighted by Gasteiger charge is 2.19. The average molecular weight is 1070 g/mol. The van der Waals surface area contributed by atoms with E-state index in [-0.39, 0.29) is 31.6 Å². The molecule has 0 aromatic heterocycles. The van der Waals surface area contributed by atoms with Crippen LogP contribution in [0.5, 0.6) is 0 Å². The van der Waals surface area contributed by atoms with E-state index in [1.807, 2.05) is 12.2 Å². The molecule has 77 heavy (non-hydrogen) atoms. The monoisotopic (exact) mass is 1070 g/mol. The van der Waals surface area contributed by atoms with Gasteiger partial charge in [-0.3, -0.25) is 14.4 Å². The van der Waals surface area contributed by atoms with E-state index in [1.54, 1.807) is 0 Å². The third-order valence-corrected chi connectivity index (χ3v) is 13.7. The summed E-state index contributed by atoms with van der Waals surface area (Å²) in [5.74, 6) is -1.00. The summed E-state index contributed by atoms with van der Waals surface area (Å²) >= 11 is 0. The first-order chi connectivity index (χ1) is 38.0. The Labute approximate surface area is 476 Å². The molecule has 6 nitrogen and oxygen atoms in total. The molecule has 0 N–H and O–H groups in total. The molecule has 0 aliphatic carbocycles. The Kier molecular flexibility index (Phi) is 61.3. The molecule has 1 unspecified atom stereocenters. The van der Waals surface area contributed by atoms with Crippen molar-refractivity contribution >= 4 is 17.9 Å². The third-order valence-electron chi connectivity index (χ3n) is 13.7. The van der Waals surface area contributed by atoms with Gasteiger partial charge in [-0.2, -0.15) is 0 Å². The Morgan fingerprint density at radius 1 is 0.273 bits per heavy atom. The summed E-state index contributed by atoms with van der Waals surface area (Å²) in [4.78, 5) is 38.1. The van der Waals surface area contributed by atoms with Gasteiger partial charge in [-0.05, 0) is 109 Å². The largest absolute Gasteiger partial charge is 0.462 e. The fraction of sp³-hybridized carbons (Fsp3) is 0.704. The zero-order chi connectivity index (χ0) is 55.7. The number of esters is 3. The maximum Gasteiger partial charge on any atom is 0.306 e. The average Bonchev–Trinajstić information content (AvgIpc) is 3.43. The van der Waals surface area contributed by atoms with Crippen molar-refractivity contribution in [3.05, 3.63) is 109 Å². The molecule has 0 aromatic carbocycles. The molecule has 0 rings (SSSR count). The van der Waals surface area contributed by atoms with Crippen LogP contribution >= 0.6 is 0 Å². The molecule has 0 fully saturated rings. The van der Waals surface area contributed by atoms with Gasteiger partial charge in [-0.25, -0.2) is 0 Å². The SMILES string of the molecule is CC/C=C\C/C=C\C/C=C\C/C=C\CCC(=O)OC(COC(=O)CCCCCCC/C=C\C/C=C\CCC)COC(=O)CCCCCCCCCCCCCCCCCCCC/C=C\C/C=C\C/C=C\CCCCCCC. The summed E-state index contributed by atoms with van der Waals surface area (Å²) in [7, 11) is 0. The maximum absolute atomic E-state index is 12.8. The molecule has 0 aliphatic rings. The molecule has 0 saturated carbocycles. The van der Waals surface area contributed by atoms with Crippen LogP contribution in [0.4, 0.5) is 0 Å². The van der Waals surface area contributed by atoms with Gasteiger partial charge in [0, 0.05) is 19.3 Å². The van der Waals surface area contributed by atoms with E-state index in [0.29, 0.717) is 19.3 Å². The van der Waals surface area contributed by atoms with Gasteiger partial charge in [-0.15, -0.1) is 0 Å². The minimum absolute atomic E-state index is 0.110. The van der Waals surface area contributed by atoms with E-state index in [0.717, 1.165) is 109 Å². The van der Waals surface area contributed by atoms with Gasteiger partial charge >= 0.3 is 17.9 Å². The van der Waals surface area contributed by atoms with Crippen LogP contribution in [0.2, 0.25) is 0 Å². The normalized spacial score (nSPS) is 12.8. The molecule has 0 heterocycles. The number of carbonyl (C=O) groups is 3. The predicted octanol–water partition coefficient (Wildman–Crippen LogP) is 22.2. The van der Waals surface area contributed by atoms with Gasteiger partial charge in [0.2, 0.25) is 0 Å². The number of carbonyl (C=O) groups excluding carboxylic acids is 3. The van der Waals surface area contributed by atoms with Crippen molar-refractivity contribution in [2.45, 2.75) is 309 Å². The van der Waals surface area contributed by atoms with Gasteiger partial charge in [0.25, 0.3) is 0 Å². The van der Waals surface area contributed by atoms with Gasteiger partial charge in [-0.1, -0.05) is 284 Å². The highest BCUT2D eigenvalue weighted by atomic mass is 16.6. The third kappa shape index (κ3) is 62.8. The second-order valence-corrected chi connectivity index (χ2v) is 21.3. The Morgan fingerprint density at radius 2 is 0.558 bits per heavy atom. The smallest absolute Gasteiger partial charge is 0.306 e. The van der Waals surface area contributed by atoms with E-state index in [1.165, 1.54) is 148 Å². The highest BCUT2D eigenvalue weighted by molar-refractivity contribution is 5.71. The summed E-state index contributed by atoms with van der Waals surface area (Å²) in [5, 5.41) is 0. The predicted molar refractivity (Wildman–Crippen MR) is 334 cm³/mol. The second-order valence-electron chi connectivity index (χ2n) is 21.3. The van der Waals surface area contributed by atoms with Crippen molar-refractivity contribution in [1.82, 2.24) is 0 Å². The molecule has 6 heteroatoms. The first-order valence-electron chi connectivity index (χ1n) is 32.4. The number of allylic oxidation sites excluding steroid dienone is 18. The zero-order valence-electron chi connectivity index (χ0n) is 50.4. The fourth-order valence-electron chi connectivity index (χ4n) is 8.91. The number of hydrogen-bond acceptors (Lipinski definition) is 6. The van der Waals surface area contributed by atoms with Gasteiger partial charge in [0.15, 0.2) is 6.10 Å². The lowest BCUT2D eigenvalue weighted by molar-refractivity contribution is -0.166. The van der Waals surface area contributed by atoms with Crippen LogP contribution < -0.4 is 0 Å². The minimum Gasteiger partial charge on any atom is -0.462 e. The molecular formula is C71H120O6. The summed E-state index contributed by atoms with van der Waals surface area (Å²) in [6, 6.07) is 0. The van der Waals surface area contributed by atoms with Gasteiger partial charge in [0.05, 0.1) is 0 Å². The summed E-state index contributed by atoms with van der Waals surface area (Å²) in [6.07, 6.45) is 88.5. The van der Waals surface area contributed by atoms with Crippen molar-refractivity contribution in [3.8, 4) is 0 Å². The molecule has 0 radical (unpaired) electrons. The maximum atomic E-state index is 12.8. The Bertz CT molecular complexity index is 1560. The molecule has 0 bridgehead atoms. The summed E-state index contributed by atoms with van der Waals surface area (Å²) in [6.45, 7) is 6.39. The fourth-order valence-corrected chi connectivity index (χ4v) is 8.91. The number of unbranched alkanes of at least 4 members (excludes halogenated alkanes) is 29. The van der Waals surface area contributed by atoms with E-state index in [2.05, 4.69) is 118 Å². The van der Waals surface area contributed by atoms with Crippen LogP contribution in [-0.2, 0) is 28.6 Å². The number of rotatable bonds is 58. The lowest BCUT2D eigenvalue weighted by atomic mass is 10.0. The van der Waals surface area contributed by atoms with Crippen LogP contribution in [0, 0.1) is 0 Å². The van der Waals surface area contributed by atoms with Crippen molar-refractivity contribution in [2.24, 2.45) is 0 Å². The lowest BCUT2D eigenvalue weighted by Crippen LogP contribution is -2.30. The van der Waals surface area contributed by atoms with E-state index >= 15 is 0 Å². The Hall–Kier alpha value is -3.93. The van der Waals surface area contributed by atoms with Gasteiger partial charge in [0.1, 0.15) is 13.2 Å². The lowest BCUT2D eigenvalue weighted by Gasteiger charge is -2.18. The quantitative estimate of drug-likeness (QED) is 0.0261. The molecule has 1 atom stereocenters. The topological polar surface area (TPSA) is 78.9 Å².